The number of hydrogen-bond donors (Lipinski definition) is 1. The van der Waals surface area contributed by atoms with E-state index in [4.69, 9.17) is 4.74 Å². The molecule has 4 bridgehead atoms. The van der Waals surface area contributed by atoms with Crippen LogP contribution in [0.3, 0.4) is 0 Å². The zero-order valence-corrected chi connectivity index (χ0v) is 21.6. The largest absolute Gasteiger partial charge is 0.450 e. The third kappa shape index (κ3) is 3.24. The van der Waals surface area contributed by atoms with Crippen molar-refractivity contribution in [3.05, 3.63) is 64.3 Å². The monoisotopic (exact) mass is 711 g/mol. The Labute approximate surface area is 206 Å². The first-order valence-electron chi connectivity index (χ1n) is 9.67. The molecule has 2 saturated carbocycles. The molecule has 146 valence electrons. The van der Waals surface area contributed by atoms with Crippen LogP contribution in [0.25, 0.3) is 0 Å². The predicted octanol–water partition coefficient (Wildman–Crippen LogP) is 5.71. The van der Waals surface area contributed by atoms with Crippen molar-refractivity contribution in [2.24, 2.45) is 11.8 Å². The second-order valence-corrected chi connectivity index (χ2v) is 11.7. The lowest BCUT2D eigenvalue weighted by Gasteiger charge is -2.60. The molecule has 0 radical (unpaired) electrons. The minimum Gasteiger partial charge on any atom is -0.450 e. The van der Waals surface area contributed by atoms with Gasteiger partial charge in [-0.25, -0.2) is 4.79 Å². The number of esters is 1. The van der Waals surface area contributed by atoms with Crippen molar-refractivity contribution in [3.8, 4) is 0 Å². The van der Waals surface area contributed by atoms with E-state index in [2.05, 4.69) is 103 Å². The summed E-state index contributed by atoms with van der Waals surface area (Å²) >= 11 is 6.85. The molecule has 28 heavy (non-hydrogen) atoms. The zero-order chi connectivity index (χ0) is 19.5. The first kappa shape index (κ1) is 20.0. The molecule has 6 heteroatoms. The van der Waals surface area contributed by atoms with Gasteiger partial charge >= 0.3 is 5.97 Å². The van der Waals surface area contributed by atoms with Gasteiger partial charge in [0.05, 0.1) is 5.56 Å². The van der Waals surface area contributed by atoms with Crippen LogP contribution < -0.4 is 5.32 Å². The van der Waals surface area contributed by atoms with Gasteiger partial charge in [0.15, 0.2) is 0 Å². The minimum atomic E-state index is -0.497. The summed E-state index contributed by atoms with van der Waals surface area (Å²) in [7, 11) is 0. The minimum absolute atomic E-state index is 0.176. The normalized spacial score (nSPS) is 33.1. The molecule has 2 aliphatic carbocycles. The third-order valence-electron chi connectivity index (χ3n) is 6.66. The van der Waals surface area contributed by atoms with E-state index in [1.165, 1.54) is 5.56 Å². The van der Waals surface area contributed by atoms with Gasteiger partial charge in [-0.3, -0.25) is 0 Å². The van der Waals surface area contributed by atoms with E-state index in [-0.39, 0.29) is 5.97 Å². The van der Waals surface area contributed by atoms with Crippen LogP contribution in [0.1, 0.15) is 41.6 Å². The highest BCUT2D eigenvalue weighted by Gasteiger charge is 2.60. The van der Waals surface area contributed by atoms with E-state index < -0.39 is 5.60 Å². The summed E-state index contributed by atoms with van der Waals surface area (Å²) in [5.74, 6) is 0.606. The number of halogens is 3. The van der Waals surface area contributed by atoms with Gasteiger partial charge in [0.2, 0.25) is 0 Å². The van der Waals surface area contributed by atoms with E-state index in [1.807, 2.05) is 12.1 Å². The van der Waals surface area contributed by atoms with Crippen molar-refractivity contribution in [1.82, 2.24) is 5.32 Å². The molecule has 4 aliphatic rings. The van der Waals surface area contributed by atoms with Crippen LogP contribution in [0.15, 0.2) is 42.5 Å². The molecule has 2 aromatic carbocycles. The molecule has 0 spiro atoms. The van der Waals surface area contributed by atoms with E-state index in [1.54, 1.807) is 0 Å². The Morgan fingerprint density at radius 2 is 1.57 bits per heavy atom. The van der Waals surface area contributed by atoms with Crippen molar-refractivity contribution in [3.63, 3.8) is 0 Å². The highest BCUT2D eigenvalue weighted by molar-refractivity contribution is 14.1. The summed E-state index contributed by atoms with van der Waals surface area (Å²) in [5, 5.41) is 3.77. The van der Waals surface area contributed by atoms with Crippen molar-refractivity contribution in [2.75, 3.05) is 0 Å². The highest BCUT2D eigenvalue weighted by Crippen LogP contribution is 2.58. The van der Waals surface area contributed by atoms with Crippen LogP contribution in [0.2, 0.25) is 0 Å². The molecule has 2 saturated heterocycles. The lowest BCUT2D eigenvalue weighted by atomic mass is 9.54. The van der Waals surface area contributed by atoms with Crippen LogP contribution in [0.5, 0.6) is 0 Å². The maximum Gasteiger partial charge on any atom is 0.340 e. The number of rotatable bonds is 3. The molecule has 2 heterocycles. The van der Waals surface area contributed by atoms with Crippen molar-refractivity contribution in [1.29, 1.82) is 0 Å². The topological polar surface area (TPSA) is 38.3 Å². The Balaban J connectivity index is 1.58. The molecule has 1 N–H and O–H groups in total. The van der Waals surface area contributed by atoms with Crippen molar-refractivity contribution in [2.45, 2.75) is 43.4 Å². The van der Waals surface area contributed by atoms with Crippen LogP contribution in [0.4, 0.5) is 0 Å². The number of hydrogen-bond acceptors (Lipinski definition) is 3. The second kappa shape index (κ2) is 7.64. The van der Waals surface area contributed by atoms with Gasteiger partial charge in [-0.2, -0.15) is 0 Å². The zero-order valence-electron chi connectivity index (χ0n) is 15.1. The molecular weight excluding hydrogens is 691 g/mol. The van der Waals surface area contributed by atoms with Gasteiger partial charge in [-0.1, -0.05) is 30.3 Å². The highest BCUT2D eigenvalue weighted by atomic mass is 127. The average molecular weight is 711 g/mol. The fraction of sp³-hybridized carbons (Fsp3) is 0.409. The van der Waals surface area contributed by atoms with Crippen molar-refractivity contribution < 1.29 is 9.53 Å². The van der Waals surface area contributed by atoms with Gasteiger partial charge in [0.1, 0.15) is 5.60 Å². The van der Waals surface area contributed by atoms with E-state index in [0.29, 0.717) is 29.5 Å². The van der Waals surface area contributed by atoms with Crippen LogP contribution in [-0.4, -0.2) is 18.1 Å². The fourth-order valence-electron chi connectivity index (χ4n) is 5.71. The molecule has 3 nitrogen and oxygen atoms in total. The SMILES string of the molecule is O=C(OC1(c2ccccc2)C2CC3CC1CC(C2)N3)c1cc(I)cc(I)c1I. The van der Waals surface area contributed by atoms with Gasteiger partial charge in [0, 0.05) is 34.6 Å². The van der Waals surface area contributed by atoms with Crippen molar-refractivity contribution >= 4 is 73.7 Å². The Morgan fingerprint density at radius 3 is 2.18 bits per heavy atom. The molecule has 2 aliphatic heterocycles. The Morgan fingerprint density at radius 1 is 0.964 bits per heavy atom. The first-order chi connectivity index (χ1) is 13.5. The standard InChI is InChI=1S/C22H20I3NO2/c23-15-10-18(20(25)19(24)11-15)21(27)28-22(12-4-2-1-3-5-12)13-6-16-8-14(22)9-17(7-13)26-16/h1-5,10-11,13-14,16-17,26H,6-9H2. The number of carbonyl (C=O) groups excluding carboxylic acids is 1. The van der Waals surface area contributed by atoms with Gasteiger partial charge in [-0.05, 0) is 111 Å². The van der Waals surface area contributed by atoms with Gasteiger partial charge in [-0.15, -0.1) is 0 Å². The molecule has 4 fully saturated rings. The van der Waals surface area contributed by atoms with Crippen LogP contribution >= 0.6 is 67.8 Å². The van der Waals surface area contributed by atoms with Gasteiger partial charge < -0.3 is 10.1 Å². The maximum absolute atomic E-state index is 13.5. The summed E-state index contributed by atoms with van der Waals surface area (Å²) in [6.07, 6.45) is 4.37. The molecule has 0 unspecified atom stereocenters. The summed E-state index contributed by atoms with van der Waals surface area (Å²) in [6, 6.07) is 15.7. The Hall–Kier alpha value is 0.0600. The Kier molecular flexibility index (Phi) is 5.45. The predicted molar refractivity (Wildman–Crippen MR) is 134 cm³/mol. The van der Waals surface area contributed by atoms with E-state index in [9.17, 15) is 4.79 Å². The fourth-order valence-corrected chi connectivity index (χ4v) is 8.08. The molecule has 0 atom stereocenters. The van der Waals surface area contributed by atoms with E-state index >= 15 is 0 Å². The molecule has 6 rings (SSSR count). The van der Waals surface area contributed by atoms with Crippen LogP contribution in [0, 0.1) is 22.5 Å². The number of carbonyl (C=O) groups is 1. The number of ether oxygens (including phenoxy) is 1. The number of nitrogens with one attached hydrogen (secondary N) is 1. The smallest absolute Gasteiger partial charge is 0.340 e. The van der Waals surface area contributed by atoms with E-state index in [0.717, 1.165) is 36.4 Å². The second-order valence-electron chi connectivity index (χ2n) is 8.19. The first-order valence-corrected chi connectivity index (χ1v) is 12.9. The Bertz CT molecular complexity index is 903. The quantitative estimate of drug-likeness (QED) is 0.252. The molecule has 2 aromatic rings. The summed E-state index contributed by atoms with van der Waals surface area (Å²) in [5.41, 5.74) is 1.37. The molecular formula is C22H20I3NO2. The average Bonchev–Trinajstić information content (AvgIpc) is 2.67. The maximum atomic E-state index is 13.5. The molecule has 0 amide bonds. The van der Waals surface area contributed by atoms with Crippen LogP contribution in [-0.2, 0) is 10.3 Å². The molecule has 0 aromatic heterocycles. The lowest BCUT2D eigenvalue weighted by Crippen LogP contribution is -2.66. The summed E-state index contributed by atoms with van der Waals surface area (Å²) < 4.78 is 9.75. The summed E-state index contributed by atoms with van der Waals surface area (Å²) in [6.45, 7) is 0. The third-order valence-corrected chi connectivity index (χ3v) is 10.3. The number of benzene rings is 2. The summed E-state index contributed by atoms with van der Waals surface area (Å²) in [4.78, 5) is 13.5. The van der Waals surface area contributed by atoms with Gasteiger partial charge in [0.25, 0.3) is 0 Å². The lowest BCUT2D eigenvalue weighted by molar-refractivity contribution is -0.166. The number of piperidine rings is 2.